The molecule has 0 aliphatic carbocycles. The summed E-state index contributed by atoms with van der Waals surface area (Å²) in [6.45, 7) is 5.34. The molecule has 4 rings (SSSR count). The zero-order valence-corrected chi connectivity index (χ0v) is 16.9. The lowest BCUT2D eigenvalue weighted by atomic mass is 10.1. The molecule has 1 fully saturated rings. The van der Waals surface area contributed by atoms with Gasteiger partial charge in [-0.25, -0.2) is 4.98 Å². The molecule has 1 aliphatic rings. The molecule has 29 heavy (non-hydrogen) atoms. The van der Waals surface area contributed by atoms with Crippen molar-refractivity contribution >= 4 is 5.91 Å². The van der Waals surface area contributed by atoms with E-state index in [0.29, 0.717) is 5.56 Å². The van der Waals surface area contributed by atoms with Crippen LogP contribution < -0.4 is 5.32 Å². The predicted molar refractivity (Wildman–Crippen MR) is 115 cm³/mol. The van der Waals surface area contributed by atoms with Gasteiger partial charge >= 0.3 is 0 Å². The summed E-state index contributed by atoms with van der Waals surface area (Å²) in [5.41, 5.74) is 4.10. The standard InChI is InChI=1S/C24H28N4O/c1-19(21-9-11-23(12-10-21)28-16-13-25-18-28)26-24(29)22-7-5-20(6-8-22)17-27-14-3-2-4-15-27/h5-13,16,18-19H,2-4,14-15,17H2,1H3,(H,26,29)/t19-/m1/s1. The zero-order valence-electron chi connectivity index (χ0n) is 16.9. The largest absolute Gasteiger partial charge is 0.346 e. The van der Waals surface area contributed by atoms with Crippen molar-refractivity contribution in [3.05, 3.63) is 83.9 Å². The van der Waals surface area contributed by atoms with Gasteiger partial charge in [0, 0.05) is 30.2 Å². The van der Waals surface area contributed by atoms with E-state index in [1.165, 1.54) is 37.9 Å². The highest BCUT2D eigenvalue weighted by atomic mass is 16.1. The molecular weight excluding hydrogens is 360 g/mol. The quantitative estimate of drug-likeness (QED) is 0.683. The molecule has 1 aliphatic heterocycles. The number of hydrogen-bond acceptors (Lipinski definition) is 3. The number of nitrogens with one attached hydrogen (secondary N) is 1. The first-order chi connectivity index (χ1) is 14.2. The summed E-state index contributed by atoms with van der Waals surface area (Å²) in [6.07, 6.45) is 9.38. The molecule has 3 aromatic rings. The summed E-state index contributed by atoms with van der Waals surface area (Å²) in [5.74, 6) is -0.0410. The van der Waals surface area contributed by atoms with Gasteiger partial charge < -0.3 is 9.88 Å². The van der Waals surface area contributed by atoms with Crippen LogP contribution in [0.1, 0.15) is 53.7 Å². The Morgan fingerprint density at radius 3 is 2.41 bits per heavy atom. The van der Waals surface area contributed by atoms with Crippen molar-refractivity contribution in [1.82, 2.24) is 19.8 Å². The molecule has 0 radical (unpaired) electrons. The van der Waals surface area contributed by atoms with Crippen molar-refractivity contribution in [3.8, 4) is 5.69 Å². The number of aromatic nitrogens is 2. The minimum absolute atomic E-state index is 0.0410. The second kappa shape index (κ2) is 9.05. The second-order valence-corrected chi connectivity index (χ2v) is 7.79. The lowest BCUT2D eigenvalue weighted by Gasteiger charge is -2.26. The van der Waals surface area contributed by atoms with Gasteiger partial charge in [-0.1, -0.05) is 30.7 Å². The third kappa shape index (κ3) is 4.93. The van der Waals surface area contributed by atoms with Gasteiger partial charge in [0.25, 0.3) is 5.91 Å². The molecule has 0 saturated carbocycles. The number of likely N-dealkylation sites (tertiary alicyclic amines) is 1. The first-order valence-corrected chi connectivity index (χ1v) is 10.4. The lowest BCUT2D eigenvalue weighted by molar-refractivity contribution is 0.0940. The van der Waals surface area contributed by atoms with Gasteiger partial charge in [0.2, 0.25) is 0 Å². The molecular formula is C24H28N4O. The summed E-state index contributed by atoms with van der Waals surface area (Å²) >= 11 is 0. The average molecular weight is 389 g/mol. The smallest absolute Gasteiger partial charge is 0.251 e. The van der Waals surface area contributed by atoms with Crippen LogP contribution in [0.3, 0.4) is 0 Å². The van der Waals surface area contributed by atoms with Gasteiger partial charge in [0.15, 0.2) is 0 Å². The van der Waals surface area contributed by atoms with Crippen LogP contribution in [0.25, 0.3) is 5.69 Å². The molecule has 1 N–H and O–H groups in total. The van der Waals surface area contributed by atoms with Crippen LogP contribution in [-0.2, 0) is 6.54 Å². The normalized spacial score (nSPS) is 15.8. The summed E-state index contributed by atoms with van der Waals surface area (Å²) in [4.78, 5) is 19.2. The van der Waals surface area contributed by atoms with Crippen molar-refractivity contribution in [2.45, 2.75) is 38.8 Å². The maximum atomic E-state index is 12.6. The molecule has 1 atom stereocenters. The van der Waals surface area contributed by atoms with Crippen LogP contribution in [0.4, 0.5) is 0 Å². The van der Waals surface area contributed by atoms with Crippen LogP contribution in [-0.4, -0.2) is 33.4 Å². The van der Waals surface area contributed by atoms with E-state index >= 15 is 0 Å². The van der Waals surface area contributed by atoms with Gasteiger partial charge in [-0.3, -0.25) is 9.69 Å². The first-order valence-electron chi connectivity index (χ1n) is 10.4. The minimum Gasteiger partial charge on any atom is -0.346 e. The number of benzene rings is 2. The molecule has 1 aromatic heterocycles. The Morgan fingerprint density at radius 1 is 1.03 bits per heavy atom. The highest BCUT2D eigenvalue weighted by Gasteiger charge is 2.13. The Kier molecular flexibility index (Phi) is 6.06. The van der Waals surface area contributed by atoms with Crippen LogP contribution in [0, 0.1) is 0 Å². The minimum atomic E-state index is -0.0626. The highest BCUT2D eigenvalue weighted by molar-refractivity contribution is 5.94. The molecule has 5 heteroatoms. The van der Waals surface area contributed by atoms with E-state index < -0.39 is 0 Å². The Morgan fingerprint density at radius 2 is 1.76 bits per heavy atom. The van der Waals surface area contributed by atoms with Crippen molar-refractivity contribution in [2.75, 3.05) is 13.1 Å². The molecule has 0 spiro atoms. The number of piperidine rings is 1. The van der Waals surface area contributed by atoms with E-state index in [0.717, 1.165) is 17.8 Å². The van der Waals surface area contributed by atoms with Crippen LogP contribution in [0.2, 0.25) is 0 Å². The van der Waals surface area contributed by atoms with Crippen molar-refractivity contribution in [2.24, 2.45) is 0 Å². The number of carbonyl (C=O) groups excluding carboxylic acids is 1. The molecule has 150 valence electrons. The Labute approximate surface area is 172 Å². The lowest BCUT2D eigenvalue weighted by Crippen LogP contribution is -2.29. The highest BCUT2D eigenvalue weighted by Crippen LogP contribution is 2.17. The Hall–Kier alpha value is -2.92. The SMILES string of the molecule is C[C@@H](NC(=O)c1ccc(CN2CCCCC2)cc1)c1ccc(-n2ccnc2)cc1. The van der Waals surface area contributed by atoms with Crippen LogP contribution in [0.5, 0.6) is 0 Å². The molecule has 1 saturated heterocycles. The summed E-state index contributed by atoms with van der Waals surface area (Å²) in [6, 6.07) is 16.1. The molecule has 0 bridgehead atoms. The molecule has 0 unspecified atom stereocenters. The van der Waals surface area contributed by atoms with E-state index in [2.05, 4.69) is 27.3 Å². The molecule has 1 amide bonds. The fraction of sp³-hybridized carbons (Fsp3) is 0.333. The molecule has 5 nitrogen and oxygen atoms in total. The van der Waals surface area contributed by atoms with Gasteiger partial charge in [0.05, 0.1) is 12.4 Å². The number of hydrogen-bond donors (Lipinski definition) is 1. The summed E-state index contributed by atoms with van der Waals surface area (Å²) < 4.78 is 1.96. The van der Waals surface area contributed by atoms with Crippen LogP contribution >= 0.6 is 0 Å². The second-order valence-electron chi connectivity index (χ2n) is 7.79. The van der Waals surface area contributed by atoms with Gasteiger partial charge in [0.1, 0.15) is 0 Å². The van der Waals surface area contributed by atoms with Gasteiger partial charge in [-0.15, -0.1) is 0 Å². The van der Waals surface area contributed by atoms with E-state index in [1.54, 1.807) is 12.5 Å². The van der Waals surface area contributed by atoms with Crippen molar-refractivity contribution < 1.29 is 4.79 Å². The van der Waals surface area contributed by atoms with E-state index in [-0.39, 0.29) is 11.9 Å². The number of rotatable bonds is 6. The topological polar surface area (TPSA) is 50.2 Å². The fourth-order valence-corrected chi connectivity index (χ4v) is 3.85. The van der Waals surface area contributed by atoms with Crippen molar-refractivity contribution in [3.63, 3.8) is 0 Å². The Balaban J connectivity index is 1.34. The molecule has 2 heterocycles. The Bertz CT molecular complexity index is 911. The third-order valence-corrected chi connectivity index (χ3v) is 5.61. The van der Waals surface area contributed by atoms with Gasteiger partial charge in [-0.2, -0.15) is 0 Å². The predicted octanol–water partition coefficient (Wildman–Crippen LogP) is 4.35. The molecule has 2 aromatic carbocycles. The average Bonchev–Trinajstić information content (AvgIpc) is 3.30. The van der Waals surface area contributed by atoms with Crippen LogP contribution in [0.15, 0.2) is 67.3 Å². The summed E-state index contributed by atoms with van der Waals surface area (Å²) in [7, 11) is 0. The van der Waals surface area contributed by atoms with E-state index in [4.69, 9.17) is 0 Å². The third-order valence-electron chi connectivity index (χ3n) is 5.61. The maximum Gasteiger partial charge on any atom is 0.251 e. The maximum absolute atomic E-state index is 12.6. The monoisotopic (exact) mass is 388 g/mol. The number of carbonyl (C=O) groups is 1. The van der Waals surface area contributed by atoms with E-state index in [9.17, 15) is 4.79 Å². The number of amides is 1. The van der Waals surface area contributed by atoms with Crippen molar-refractivity contribution in [1.29, 1.82) is 0 Å². The van der Waals surface area contributed by atoms with E-state index in [1.807, 2.05) is 54.1 Å². The number of imidazole rings is 1. The zero-order chi connectivity index (χ0) is 20.1. The fourth-order valence-electron chi connectivity index (χ4n) is 3.85. The van der Waals surface area contributed by atoms with Gasteiger partial charge in [-0.05, 0) is 68.2 Å². The number of nitrogens with zero attached hydrogens (tertiary/aromatic N) is 3. The first kappa shape index (κ1) is 19.4. The summed E-state index contributed by atoms with van der Waals surface area (Å²) in [5, 5.41) is 3.10.